The molecule has 0 fully saturated rings. The van der Waals surface area contributed by atoms with E-state index in [4.69, 9.17) is 0 Å². The zero-order valence-corrected chi connectivity index (χ0v) is 7.47. The van der Waals surface area contributed by atoms with Gasteiger partial charge in [-0.3, -0.25) is 0 Å². The number of unbranched alkanes of at least 4 members (excludes halogenated alkanes) is 3. The molecule has 0 amide bonds. The van der Waals surface area contributed by atoms with E-state index in [0.29, 0.717) is 0 Å². The van der Waals surface area contributed by atoms with Gasteiger partial charge in [-0.1, -0.05) is 38.5 Å². The molecule has 0 aliphatic carbocycles. The highest BCUT2D eigenvalue weighted by atomic mass is 13.9. The van der Waals surface area contributed by atoms with E-state index in [1.54, 1.807) is 0 Å². The predicted octanol–water partition coefficient (Wildman–Crippen LogP) is 3.85. The van der Waals surface area contributed by atoms with E-state index >= 15 is 0 Å². The lowest BCUT2D eigenvalue weighted by Gasteiger charge is -1.90. The maximum Gasteiger partial charge on any atom is -0.00932 e. The minimum absolute atomic E-state index is 0.982. The molecular weight excluding hydrogens is 132 g/mol. The van der Waals surface area contributed by atoms with E-state index < -0.39 is 0 Å². The van der Waals surface area contributed by atoms with Gasteiger partial charge in [0, 0.05) is 0 Å². The Morgan fingerprint density at radius 3 is 2.73 bits per heavy atom. The Kier molecular flexibility index (Phi) is 8.64. The summed E-state index contributed by atoms with van der Waals surface area (Å²) in [6, 6.07) is 0. The molecule has 0 bridgehead atoms. The number of hydrogen-bond donors (Lipinski definition) is 0. The van der Waals surface area contributed by atoms with E-state index in [-0.39, 0.29) is 0 Å². The van der Waals surface area contributed by atoms with Gasteiger partial charge >= 0.3 is 0 Å². The fourth-order valence-corrected chi connectivity index (χ4v) is 0.878. The average Bonchev–Trinajstić information content (AvgIpc) is 2.03. The fraction of sp³-hybridized carbons (Fsp3) is 0.545. The summed E-state index contributed by atoms with van der Waals surface area (Å²) in [5, 5.41) is 0. The normalized spacial score (nSPS) is 9.91. The molecule has 0 saturated carbocycles. The molecule has 0 aromatic carbocycles. The maximum atomic E-state index is 3.49. The van der Waals surface area contributed by atoms with E-state index in [0.717, 1.165) is 6.42 Å². The van der Waals surface area contributed by atoms with Crippen molar-refractivity contribution in [2.45, 2.75) is 39.0 Å². The Morgan fingerprint density at radius 1 is 1.27 bits per heavy atom. The monoisotopic (exact) mass is 150 g/mol. The van der Waals surface area contributed by atoms with Crippen molar-refractivity contribution in [1.82, 2.24) is 0 Å². The van der Waals surface area contributed by atoms with Crippen molar-refractivity contribution in [3.05, 3.63) is 30.5 Å². The molecule has 0 aliphatic rings. The van der Waals surface area contributed by atoms with Crippen LogP contribution in [0.1, 0.15) is 39.0 Å². The zero-order valence-electron chi connectivity index (χ0n) is 7.47. The molecule has 11 heavy (non-hydrogen) atoms. The maximum absolute atomic E-state index is 3.49. The Bertz CT molecular complexity index is 136. The highest BCUT2D eigenvalue weighted by molar-refractivity contribution is 4.90. The predicted molar refractivity (Wildman–Crippen MR) is 51.6 cm³/mol. The molecule has 0 spiro atoms. The summed E-state index contributed by atoms with van der Waals surface area (Å²) in [5.74, 6) is 0. The Balaban J connectivity index is 3.09. The summed E-state index contributed by atoms with van der Waals surface area (Å²) in [4.78, 5) is 0. The van der Waals surface area contributed by atoms with Crippen molar-refractivity contribution in [1.29, 1.82) is 0 Å². The van der Waals surface area contributed by atoms with Crippen LogP contribution in [0.2, 0.25) is 0 Å². The second-order valence-electron chi connectivity index (χ2n) is 2.61. The van der Waals surface area contributed by atoms with Crippen molar-refractivity contribution < 1.29 is 0 Å². The molecule has 0 aliphatic heterocycles. The van der Waals surface area contributed by atoms with Crippen LogP contribution in [0.3, 0.4) is 0 Å². The third kappa shape index (κ3) is 9.26. The van der Waals surface area contributed by atoms with Crippen LogP contribution < -0.4 is 0 Å². The lowest BCUT2D eigenvalue weighted by molar-refractivity contribution is 0.728. The summed E-state index contributed by atoms with van der Waals surface area (Å²) in [6.07, 6.45) is 12.5. The van der Waals surface area contributed by atoms with Gasteiger partial charge in [-0.15, -0.1) is 5.73 Å². The molecule has 0 aromatic heterocycles. The fourth-order valence-electron chi connectivity index (χ4n) is 0.878. The molecule has 0 rings (SSSR count). The van der Waals surface area contributed by atoms with Crippen LogP contribution in [-0.2, 0) is 0 Å². The van der Waals surface area contributed by atoms with E-state index in [1.807, 2.05) is 6.08 Å². The van der Waals surface area contributed by atoms with Crippen LogP contribution in [0, 0.1) is 0 Å². The molecule has 0 nitrogen and oxygen atoms in total. The van der Waals surface area contributed by atoms with Crippen LogP contribution >= 0.6 is 0 Å². The summed E-state index contributed by atoms with van der Waals surface area (Å²) in [6.45, 7) is 5.72. The number of allylic oxidation sites excluding steroid dienone is 3. The van der Waals surface area contributed by atoms with E-state index in [2.05, 4.69) is 31.4 Å². The van der Waals surface area contributed by atoms with E-state index in [9.17, 15) is 0 Å². The Hall–Kier alpha value is -0.740. The number of rotatable bonds is 6. The van der Waals surface area contributed by atoms with Gasteiger partial charge in [-0.2, -0.15) is 0 Å². The minimum Gasteiger partial charge on any atom is -0.133 e. The summed E-state index contributed by atoms with van der Waals surface area (Å²) >= 11 is 0. The lowest BCUT2D eigenvalue weighted by Crippen LogP contribution is -1.70. The third-order valence-electron chi connectivity index (χ3n) is 1.54. The molecule has 0 heteroatoms. The zero-order chi connectivity index (χ0) is 8.36. The summed E-state index contributed by atoms with van der Waals surface area (Å²) in [7, 11) is 0. The number of hydrogen-bond acceptors (Lipinski definition) is 0. The quantitative estimate of drug-likeness (QED) is 0.306. The molecule has 0 N–H and O–H groups in total. The van der Waals surface area contributed by atoms with Crippen molar-refractivity contribution in [3.63, 3.8) is 0 Å². The standard InChI is InChI=1S/C11H18/c1-3-5-7-9-11-10-8-6-4-2/h5,9,11H,1,4,6-8,10H2,2H3. The SMILES string of the molecule is C=C=CCC=CCCCCC. The van der Waals surface area contributed by atoms with Crippen LogP contribution in [0.25, 0.3) is 0 Å². The third-order valence-corrected chi connectivity index (χ3v) is 1.54. The molecular formula is C11H18. The molecule has 0 atom stereocenters. The molecule has 0 aromatic rings. The van der Waals surface area contributed by atoms with Crippen LogP contribution in [0.15, 0.2) is 30.5 Å². The second kappa shape index (κ2) is 9.26. The second-order valence-corrected chi connectivity index (χ2v) is 2.61. The topological polar surface area (TPSA) is 0 Å². The van der Waals surface area contributed by atoms with Gasteiger partial charge in [0.1, 0.15) is 0 Å². The van der Waals surface area contributed by atoms with Crippen molar-refractivity contribution in [2.24, 2.45) is 0 Å². The molecule has 0 saturated heterocycles. The van der Waals surface area contributed by atoms with Crippen molar-refractivity contribution in [3.8, 4) is 0 Å². The van der Waals surface area contributed by atoms with Gasteiger partial charge in [-0.25, -0.2) is 0 Å². The molecule has 0 radical (unpaired) electrons. The summed E-state index contributed by atoms with van der Waals surface area (Å²) in [5.41, 5.74) is 2.74. The first-order valence-electron chi connectivity index (χ1n) is 4.41. The van der Waals surface area contributed by atoms with Crippen LogP contribution in [-0.4, -0.2) is 0 Å². The Morgan fingerprint density at radius 2 is 2.09 bits per heavy atom. The summed E-state index contributed by atoms with van der Waals surface area (Å²) < 4.78 is 0. The smallest absolute Gasteiger partial charge is 0.00932 e. The van der Waals surface area contributed by atoms with Gasteiger partial charge < -0.3 is 0 Å². The average molecular weight is 150 g/mol. The van der Waals surface area contributed by atoms with Gasteiger partial charge in [0.25, 0.3) is 0 Å². The van der Waals surface area contributed by atoms with Crippen LogP contribution in [0.5, 0.6) is 0 Å². The highest BCUT2D eigenvalue weighted by Gasteiger charge is 1.79. The molecule has 0 heterocycles. The highest BCUT2D eigenvalue weighted by Crippen LogP contribution is 1.99. The van der Waals surface area contributed by atoms with Gasteiger partial charge in [0.05, 0.1) is 0 Å². The van der Waals surface area contributed by atoms with Crippen LogP contribution in [0.4, 0.5) is 0 Å². The van der Waals surface area contributed by atoms with Gasteiger partial charge in [0.15, 0.2) is 0 Å². The Labute approximate surface area is 70.3 Å². The lowest BCUT2D eigenvalue weighted by atomic mass is 10.2. The van der Waals surface area contributed by atoms with Crippen molar-refractivity contribution in [2.75, 3.05) is 0 Å². The molecule has 0 unspecified atom stereocenters. The first-order valence-corrected chi connectivity index (χ1v) is 4.41. The van der Waals surface area contributed by atoms with E-state index in [1.165, 1.54) is 25.7 Å². The molecule has 62 valence electrons. The van der Waals surface area contributed by atoms with Gasteiger partial charge in [0.2, 0.25) is 0 Å². The largest absolute Gasteiger partial charge is 0.133 e. The minimum atomic E-state index is 0.982. The van der Waals surface area contributed by atoms with Crippen molar-refractivity contribution >= 4 is 0 Å². The van der Waals surface area contributed by atoms with Gasteiger partial charge in [-0.05, 0) is 25.3 Å². The first kappa shape index (κ1) is 10.3. The first-order chi connectivity index (χ1) is 5.41.